The molecule has 2 aromatic carbocycles. The van der Waals surface area contributed by atoms with Crippen LogP contribution in [0, 0.1) is 17.0 Å². The first kappa shape index (κ1) is 14.6. The van der Waals surface area contributed by atoms with E-state index in [1.54, 1.807) is 17.0 Å². The van der Waals surface area contributed by atoms with Crippen LogP contribution >= 0.6 is 11.8 Å². The van der Waals surface area contributed by atoms with Crippen molar-refractivity contribution < 1.29 is 9.72 Å². The number of amides is 1. The second-order valence-electron chi connectivity index (χ2n) is 5.11. The number of anilines is 1. The summed E-state index contributed by atoms with van der Waals surface area (Å²) in [6.45, 7) is 1.98. The van der Waals surface area contributed by atoms with Crippen LogP contribution in [0.3, 0.4) is 0 Å². The SMILES string of the molecule is Cc1cccc(N2C(=O)CS[C@H]2c2ccc([N+](=O)[O-])cc2)c1. The summed E-state index contributed by atoms with van der Waals surface area (Å²) < 4.78 is 0. The molecule has 0 unspecified atom stereocenters. The monoisotopic (exact) mass is 314 g/mol. The van der Waals surface area contributed by atoms with Gasteiger partial charge in [-0.3, -0.25) is 19.8 Å². The Balaban J connectivity index is 1.95. The number of carbonyl (C=O) groups excluding carboxylic acids is 1. The molecule has 0 spiro atoms. The standard InChI is InChI=1S/C16H14N2O3S/c1-11-3-2-4-14(9-11)17-15(19)10-22-16(17)12-5-7-13(8-6-12)18(20)21/h2-9,16H,10H2,1H3/t16-/m0/s1. The molecule has 0 N–H and O–H groups in total. The molecule has 1 saturated heterocycles. The summed E-state index contributed by atoms with van der Waals surface area (Å²) in [6.07, 6.45) is 0. The number of nitro groups is 1. The van der Waals surface area contributed by atoms with Crippen LogP contribution in [0.25, 0.3) is 0 Å². The normalized spacial score (nSPS) is 17.8. The molecule has 0 radical (unpaired) electrons. The van der Waals surface area contributed by atoms with Gasteiger partial charge in [-0.2, -0.15) is 0 Å². The summed E-state index contributed by atoms with van der Waals surface area (Å²) in [5.41, 5.74) is 2.89. The summed E-state index contributed by atoms with van der Waals surface area (Å²) in [5, 5.41) is 10.6. The van der Waals surface area contributed by atoms with Crippen molar-refractivity contribution in [3.05, 3.63) is 69.8 Å². The van der Waals surface area contributed by atoms with Crippen LogP contribution in [0.1, 0.15) is 16.5 Å². The number of benzene rings is 2. The van der Waals surface area contributed by atoms with Crippen molar-refractivity contribution in [2.75, 3.05) is 10.7 Å². The molecule has 22 heavy (non-hydrogen) atoms. The third kappa shape index (κ3) is 2.69. The lowest BCUT2D eigenvalue weighted by Gasteiger charge is -2.24. The number of nitro benzene ring substituents is 1. The smallest absolute Gasteiger partial charge is 0.269 e. The van der Waals surface area contributed by atoms with Gasteiger partial charge < -0.3 is 0 Å². The number of rotatable bonds is 3. The second kappa shape index (κ2) is 5.81. The quantitative estimate of drug-likeness (QED) is 0.640. The Morgan fingerprint density at radius 2 is 1.95 bits per heavy atom. The molecule has 0 aliphatic carbocycles. The lowest BCUT2D eigenvalue weighted by atomic mass is 10.1. The first-order valence-corrected chi connectivity index (χ1v) is 7.86. The molecule has 6 heteroatoms. The van der Waals surface area contributed by atoms with Crippen molar-refractivity contribution in [2.45, 2.75) is 12.3 Å². The number of nitrogens with zero attached hydrogens (tertiary/aromatic N) is 2. The third-order valence-electron chi connectivity index (χ3n) is 3.54. The van der Waals surface area contributed by atoms with Gasteiger partial charge in [0, 0.05) is 17.8 Å². The molecule has 0 saturated carbocycles. The van der Waals surface area contributed by atoms with E-state index in [4.69, 9.17) is 0 Å². The van der Waals surface area contributed by atoms with Crippen molar-refractivity contribution in [1.82, 2.24) is 0 Å². The molecule has 1 amide bonds. The molecular weight excluding hydrogens is 300 g/mol. The number of aryl methyl sites for hydroxylation is 1. The zero-order valence-corrected chi connectivity index (χ0v) is 12.7. The largest absolute Gasteiger partial charge is 0.295 e. The Bertz CT molecular complexity index is 730. The van der Waals surface area contributed by atoms with Crippen LogP contribution in [0.2, 0.25) is 0 Å². The van der Waals surface area contributed by atoms with Crippen molar-refractivity contribution in [3.63, 3.8) is 0 Å². The zero-order chi connectivity index (χ0) is 15.7. The van der Waals surface area contributed by atoms with E-state index in [0.717, 1.165) is 16.8 Å². The summed E-state index contributed by atoms with van der Waals surface area (Å²) in [7, 11) is 0. The van der Waals surface area contributed by atoms with Crippen LogP contribution < -0.4 is 4.90 Å². The van der Waals surface area contributed by atoms with Crippen molar-refractivity contribution in [3.8, 4) is 0 Å². The van der Waals surface area contributed by atoms with Crippen molar-refractivity contribution in [2.24, 2.45) is 0 Å². The Labute approximate surface area is 132 Å². The van der Waals surface area contributed by atoms with Gasteiger partial charge in [-0.05, 0) is 42.3 Å². The molecule has 0 aromatic heterocycles. The van der Waals surface area contributed by atoms with E-state index in [2.05, 4.69) is 0 Å². The van der Waals surface area contributed by atoms with Gasteiger partial charge in [0.05, 0.1) is 10.7 Å². The Morgan fingerprint density at radius 1 is 1.23 bits per heavy atom. The molecule has 1 aliphatic heterocycles. The van der Waals surface area contributed by atoms with Crippen molar-refractivity contribution in [1.29, 1.82) is 0 Å². The molecule has 1 aliphatic rings. The van der Waals surface area contributed by atoms with Gasteiger partial charge in [0.25, 0.3) is 5.69 Å². The summed E-state index contributed by atoms with van der Waals surface area (Å²) in [6, 6.07) is 14.2. The third-order valence-corrected chi connectivity index (χ3v) is 4.75. The van der Waals surface area contributed by atoms with Gasteiger partial charge in [-0.15, -0.1) is 11.8 Å². The fourth-order valence-corrected chi connectivity index (χ4v) is 3.67. The fourth-order valence-electron chi connectivity index (χ4n) is 2.49. The molecule has 1 heterocycles. The molecule has 1 atom stereocenters. The first-order valence-electron chi connectivity index (χ1n) is 6.81. The number of hydrogen-bond donors (Lipinski definition) is 0. The highest BCUT2D eigenvalue weighted by molar-refractivity contribution is 8.00. The van der Waals surface area contributed by atoms with Gasteiger partial charge in [-0.25, -0.2) is 0 Å². The first-order chi connectivity index (χ1) is 10.6. The van der Waals surface area contributed by atoms with Crippen LogP contribution in [0.4, 0.5) is 11.4 Å². The van der Waals surface area contributed by atoms with Crippen LogP contribution in [0.15, 0.2) is 48.5 Å². The van der Waals surface area contributed by atoms with Gasteiger partial charge in [0.15, 0.2) is 0 Å². The lowest BCUT2D eigenvalue weighted by Crippen LogP contribution is -2.27. The van der Waals surface area contributed by atoms with E-state index < -0.39 is 4.92 Å². The average molecular weight is 314 g/mol. The van der Waals surface area contributed by atoms with Crippen LogP contribution in [-0.4, -0.2) is 16.6 Å². The predicted octanol–water partition coefficient (Wildman–Crippen LogP) is 3.68. The highest BCUT2D eigenvalue weighted by Crippen LogP contribution is 2.42. The van der Waals surface area contributed by atoms with E-state index in [9.17, 15) is 14.9 Å². The van der Waals surface area contributed by atoms with E-state index in [1.165, 1.54) is 23.9 Å². The minimum absolute atomic E-state index is 0.0546. The number of hydrogen-bond acceptors (Lipinski definition) is 4. The molecule has 112 valence electrons. The van der Waals surface area contributed by atoms with Crippen LogP contribution in [-0.2, 0) is 4.79 Å². The molecule has 2 aromatic rings. The fraction of sp³-hybridized carbons (Fsp3) is 0.188. The maximum absolute atomic E-state index is 12.2. The summed E-state index contributed by atoms with van der Waals surface area (Å²) >= 11 is 1.53. The van der Waals surface area contributed by atoms with Gasteiger partial charge in [0.2, 0.25) is 5.91 Å². The van der Waals surface area contributed by atoms with E-state index in [0.29, 0.717) is 5.75 Å². The second-order valence-corrected chi connectivity index (χ2v) is 6.18. The highest BCUT2D eigenvalue weighted by atomic mass is 32.2. The van der Waals surface area contributed by atoms with Crippen LogP contribution in [0.5, 0.6) is 0 Å². The minimum atomic E-state index is -0.422. The number of non-ortho nitro benzene ring substituents is 1. The summed E-state index contributed by atoms with van der Waals surface area (Å²) in [5.74, 6) is 0.467. The number of thioether (sulfide) groups is 1. The Morgan fingerprint density at radius 3 is 2.59 bits per heavy atom. The predicted molar refractivity (Wildman–Crippen MR) is 87.0 cm³/mol. The average Bonchev–Trinajstić information content (AvgIpc) is 2.89. The maximum Gasteiger partial charge on any atom is 0.269 e. The minimum Gasteiger partial charge on any atom is -0.295 e. The van der Waals surface area contributed by atoms with E-state index in [1.807, 2.05) is 31.2 Å². The molecule has 5 nitrogen and oxygen atoms in total. The summed E-state index contributed by atoms with van der Waals surface area (Å²) in [4.78, 5) is 24.3. The lowest BCUT2D eigenvalue weighted by molar-refractivity contribution is -0.384. The molecule has 0 bridgehead atoms. The Hall–Kier alpha value is -2.34. The molecule has 1 fully saturated rings. The highest BCUT2D eigenvalue weighted by Gasteiger charge is 2.34. The van der Waals surface area contributed by atoms with Gasteiger partial charge in [-0.1, -0.05) is 12.1 Å². The topological polar surface area (TPSA) is 63.5 Å². The van der Waals surface area contributed by atoms with Gasteiger partial charge in [0.1, 0.15) is 5.37 Å². The van der Waals surface area contributed by atoms with Gasteiger partial charge >= 0.3 is 0 Å². The zero-order valence-electron chi connectivity index (χ0n) is 11.9. The van der Waals surface area contributed by atoms with Crippen molar-refractivity contribution >= 4 is 29.0 Å². The number of carbonyl (C=O) groups is 1. The Kier molecular flexibility index (Phi) is 3.85. The van der Waals surface area contributed by atoms with E-state index in [-0.39, 0.29) is 17.0 Å². The molecule has 3 rings (SSSR count). The van der Waals surface area contributed by atoms with E-state index >= 15 is 0 Å². The maximum atomic E-state index is 12.2. The molecular formula is C16H14N2O3S.